The van der Waals surface area contributed by atoms with Gasteiger partial charge in [0.1, 0.15) is 37.6 Å². The van der Waals surface area contributed by atoms with Crippen LogP contribution in [0.25, 0.3) is 33.4 Å². The molecule has 0 bridgehead atoms. The largest absolute Gasteiger partial charge is 0.478 e. The first kappa shape index (κ1) is 39.5. The lowest BCUT2D eigenvalue weighted by atomic mass is 9.89. The van der Waals surface area contributed by atoms with Gasteiger partial charge in [0.25, 0.3) is 0 Å². The number of cyclic esters (lactones) is 1. The van der Waals surface area contributed by atoms with Gasteiger partial charge in [-0.25, -0.2) is 14.2 Å². The highest BCUT2D eigenvalue weighted by Crippen LogP contribution is 2.42. The van der Waals surface area contributed by atoms with Crippen molar-refractivity contribution in [2.24, 2.45) is 5.92 Å². The maximum absolute atomic E-state index is 12.9. The number of carboxylic acid groups (broad SMARTS) is 1. The Kier molecular flexibility index (Phi) is 12.4. The molecule has 3 aliphatic rings. The number of esters is 1. The number of unbranched alkanes of at least 4 members (excludes halogenated alkanes) is 2. The third-order valence-corrected chi connectivity index (χ3v) is 9.66. The third-order valence-electron chi connectivity index (χ3n) is 9.66. The molecule has 0 saturated carbocycles. The van der Waals surface area contributed by atoms with Crippen molar-refractivity contribution in [2.75, 3.05) is 39.6 Å². The summed E-state index contributed by atoms with van der Waals surface area (Å²) in [4.78, 5) is 64.5. The van der Waals surface area contributed by atoms with E-state index < -0.39 is 36.0 Å². The monoisotopic (exact) mass is 740 g/mol. The summed E-state index contributed by atoms with van der Waals surface area (Å²) in [6.07, 6.45) is 1.69. The maximum atomic E-state index is 12.9. The van der Waals surface area contributed by atoms with E-state index in [-0.39, 0.29) is 36.1 Å². The molecule has 1 saturated heterocycles. The number of anilines is 1. The van der Waals surface area contributed by atoms with E-state index >= 15 is 0 Å². The second-order valence-electron chi connectivity index (χ2n) is 14.6. The zero-order valence-electron chi connectivity index (χ0n) is 31.9. The van der Waals surface area contributed by atoms with E-state index in [1.165, 1.54) is 0 Å². The average molecular weight is 741 g/mol. The van der Waals surface area contributed by atoms with Crippen LogP contribution in [0.5, 0.6) is 0 Å². The Bertz CT molecular complexity index is 2120. The minimum Gasteiger partial charge on any atom is -0.478 e. The predicted octanol–water partition coefficient (Wildman–Crippen LogP) is 3.79. The second kappa shape index (κ2) is 17.0. The van der Waals surface area contributed by atoms with Gasteiger partial charge in [-0.3, -0.25) is 14.4 Å². The number of carbonyl (C=O) groups is 5. The molecule has 13 nitrogen and oxygen atoms in total. The van der Waals surface area contributed by atoms with Crippen LogP contribution in [0.1, 0.15) is 62.4 Å². The van der Waals surface area contributed by atoms with Gasteiger partial charge in [0.2, 0.25) is 23.1 Å². The van der Waals surface area contributed by atoms with Crippen molar-refractivity contribution in [3.05, 3.63) is 71.1 Å². The Labute approximate surface area is 314 Å². The third kappa shape index (κ3) is 9.07. The van der Waals surface area contributed by atoms with Gasteiger partial charge in [-0.15, -0.1) is 0 Å². The quantitative estimate of drug-likeness (QED) is 0.0613. The highest BCUT2D eigenvalue weighted by molar-refractivity contribution is 6.08. The summed E-state index contributed by atoms with van der Waals surface area (Å²) in [7, 11) is 7.78. The fourth-order valence-electron chi connectivity index (χ4n) is 6.52. The molecule has 0 radical (unpaired) electrons. The number of hydrogen-bond acceptors (Lipinski definition) is 8. The molecule has 0 aromatic heterocycles. The van der Waals surface area contributed by atoms with Crippen molar-refractivity contribution in [1.29, 1.82) is 0 Å². The summed E-state index contributed by atoms with van der Waals surface area (Å²) in [5, 5.41) is 20.4. The summed E-state index contributed by atoms with van der Waals surface area (Å²) in [5.41, 5.74) is 4.24. The van der Waals surface area contributed by atoms with Crippen LogP contribution in [-0.2, 0) is 30.3 Å². The summed E-state index contributed by atoms with van der Waals surface area (Å²) in [5.74, 6) is -2.08. The molecule has 4 N–H and O–H groups in total. The number of hydrogen-bond donors (Lipinski definition) is 4. The normalized spacial score (nSPS) is 15.7. The molecule has 1 fully saturated rings. The van der Waals surface area contributed by atoms with Crippen LogP contribution < -0.4 is 30.8 Å². The first-order valence-electron chi connectivity index (χ1n) is 18.3. The van der Waals surface area contributed by atoms with Gasteiger partial charge in [0.05, 0.1) is 18.1 Å². The lowest BCUT2D eigenvalue weighted by Crippen LogP contribution is -2.62. The Morgan fingerprint density at radius 1 is 0.926 bits per heavy atom. The van der Waals surface area contributed by atoms with Crippen molar-refractivity contribution in [3.63, 3.8) is 0 Å². The summed E-state index contributed by atoms with van der Waals surface area (Å²) in [6, 6.07) is 15.3. The predicted molar refractivity (Wildman–Crippen MR) is 206 cm³/mol. The van der Waals surface area contributed by atoms with Crippen molar-refractivity contribution in [1.82, 2.24) is 20.5 Å². The molecule has 0 unspecified atom stereocenters. The molecule has 3 amide bonds. The van der Waals surface area contributed by atoms with Gasteiger partial charge < -0.3 is 35.1 Å². The first-order chi connectivity index (χ1) is 25.6. The van der Waals surface area contributed by atoms with E-state index in [9.17, 15) is 29.1 Å². The second-order valence-corrected chi connectivity index (χ2v) is 14.6. The zero-order valence-corrected chi connectivity index (χ0v) is 31.9. The molecule has 3 atom stereocenters. The van der Waals surface area contributed by atoms with Crippen molar-refractivity contribution in [2.45, 2.75) is 71.1 Å². The Hall–Kier alpha value is -5.72. The minimum absolute atomic E-state index is 0.00296. The van der Waals surface area contributed by atoms with E-state index in [2.05, 4.69) is 16.0 Å². The van der Waals surface area contributed by atoms with Crippen molar-refractivity contribution >= 4 is 46.3 Å². The molecule has 2 aliphatic heterocycles. The lowest BCUT2D eigenvalue weighted by molar-refractivity contribution is -0.176. The first-order valence-corrected chi connectivity index (χ1v) is 18.3. The van der Waals surface area contributed by atoms with Gasteiger partial charge in [-0.1, -0.05) is 32.4 Å². The highest BCUT2D eigenvalue weighted by Gasteiger charge is 2.41. The molecule has 13 heteroatoms. The van der Waals surface area contributed by atoms with Crippen LogP contribution in [0.2, 0.25) is 0 Å². The molecule has 0 spiro atoms. The van der Waals surface area contributed by atoms with Crippen LogP contribution in [0.4, 0.5) is 5.69 Å². The Morgan fingerprint density at radius 3 is 2.31 bits per heavy atom. The van der Waals surface area contributed by atoms with Gasteiger partial charge in [-0.05, 0) is 61.1 Å². The van der Waals surface area contributed by atoms with Gasteiger partial charge in [-0.2, -0.15) is 0 Å². The number of ether oxygens (including phenoxy) is 1. The van der Waals surface area contributed by atoms with Crippen LogP contribution in [0.15, 0.2) is 59.0 Å². The summed E-state index contributed by atoms with van der Waals surface area (Å²) < 4.78 is 13.3. The van der Waals surface area contributed by atoms with Crippen LogP contribution in [0, 0.1) is 5.92 Å². The zero-order chi connectivity index (χ0) is 39.3. The molecule has 2 heterocycles. The van der Waals surface area contributed by atoms with Gasteiger partial charge >= 0.3 is 11.9 Å². The maximum Gasteiger partial charge on any atom is 0.336 e. The molecule has 2 aromatic carbocycles. The number of aromatic carboxylic acids is 1. The average Bonchev–Trinajstić information content (AvgIpc) is 3.12. The smallest absolute Gasteiger partial charge is 0.336 e. The Morgan fingerprint density at radius 2 is 1.67 bits per heavy atom. The molecule has 1 aliphatic carbocycles. The fourth-order valence-corrected chi connectivity index (χ4v) is 6.52. The molecule has 2 aromatic rings. The van der Waals surface area contributed by atoms with E-state index in [0.717, 1.165) is 27.6 Å². The van der Waals surface area contributed by atoms with Crippen molar-refractivity contribution < 1.29 is 38.2 Å². The van der Waals surface area contributed by atoms with Gasteiger partial charge in [0.15, 0.2) is 6.04 Å². The molecule has 54 heavy (non-hydrogen) atoms. The standard InChI is InChI=1S/C41H49N5O8/c1-23(2)37(39(49)44-38-24(3)53-41(38)52)43-34(47)11-9-8-10-18-42-35(48)20-25-12-15-28(31(19-25)40(50)51)36-29-16-13-26(45(4)5)21-32(29)54-33-22-27(46(6)7)14-17-30(33)36/h12-17,19,21-24,37-38H,8-11,18,20H2,1-7H3,(H3-,42,43,44,47,48,49,50,51)/p+1/t24-,37+,38+/m1/s1. The molecule has 5 rings (SSSR count). The minimum atomic E-state index is -1.11. The van der Waals surface area contributed by atoms with E-state index in [4.69, 9.17) is 9.15 Å². The SMILES string of the molecule is CC(C)[C@H](NC(=O)CCCCCNC(=O)Cc1ccc(-c2c3ccc(=[N+](C)C)cc-3oc3cc(N(C)C)ccc23)c(C(=O)O)c1)C(=O)N[C@@H]1C(=O)O[C@@H]1C. The number of carbonyl (C=O) groups excluding carboxylic acids is 4. The van der Waals surface area contributed by atoms with E-state index in [1.807, 2.05) is 87.9 Å². The van der Waals surface area contributed by atoms with Crippen LogP contribution in [0.3, 0.4) is 0 Å². The topological polar surface area (TPSA) is 170 Å². The lowest BCUT2D eigenvalue weighted by Gasteiger charge is -2.34. The number of nitrogens with zero attached hydrogens (tertiary/aromatic N) is 2. The Balaban J connectivity index is 1.20. The number of amides is 3. The van der Waals surface area contributed by atoms with E-state index in [0.29, 0.717) is 48.3 Å². The fraction of sp³-hybridized carbons (Fsp3) is 0.415. The number of fused-ring (bicyclic) bond motifs is 2. The number of carboxylic acids is 1. The molecular weight excluding hydrogens is 690 g/mol. The van der Waals surface area contributed by atoms with Crippen LogP contribution >= 0.6 is 0 Å². The number of rotatable bonds is 15. The number of benzene rings is 3. The summed E-state index contributed by atoms with van der Waals surface area (Å²) in [6.45, 7) is 5.72. The van der Waals surface area contributed by atoms with Crippen LogP contribution in [-0.4, -0.2) is 87.7 Å². The summed E-state index contributed by atoms with van der Waals surface area (Å²) >= 11 is 0. The number of nitrogens with one attached hydrogen (secondary N) is 3. The van der Waals surface area contributed by atoms with Crippen molar-refractivity contribution in [3.8, 4) is 22.5 Å². The van der Waals surface area contributed by atoms with E-state index in [1.54, 1.807) is 25.1 Å². The molecule has 286 valence electrons. The molecular formula is C41H50N5O8+. The highest BCUT2D eigenvalue weighted by atomic mass is 16.6. The van der Waals surface area contributed by atoms with Gasteiger partial charge in [0, 0.05) is 61.4 Å².